The maximum Gasteiger partial charge on any atom is 0.259 e. The first-order chi connectivity index (χ1) is 18.3. The molecular weight excluding hydrogens is 489 g/mol. The number of ether oxygens (including phenoxy) is 2. The van der Waals surface area contributed by atoms with Gasteiger partial charge in [-0.1, -0.05) is 24.8 Å². The fraction of sp³-hybridized carbons (Fsp3) is 0.483. The van der Waals surface area contributed by atoms with Gasteiger partial charge in [0.1, 0.15) is 17.5 Å². The third kappa shape index (κ3) is 6.50. The second-order valence-corrected chi connectivity index (χ2v) is 10.1. The van der Waals surface area contributed by atoms with Crippen molar-refractivity contribution in [2.45, 2.75) is 38.8 Å². The van der Waals surface area contributed by atoms with E-state index in [1.165, 1.54) is 18.3 Å². The van der Waals surface area contributed by atoms with Gasteiger partial charge in [0.15, 0.2) is 0 Å². The molecule has 202 valence electrons. The van der Waals surface area contributed by atoms with Crippen molar-refractivity contribution in [1.82, 2.24) is 14.8 Å². The fourth-order valence-electron chi connectivity index (χ4n) is 4.72. The average Bonchev–Trinajstić information content (AvgIpc) is 2.93. The van der Waals surface area contributed by atoms with Crippen molar-refractivity contribution in [2.24, 2.45) is 11.8 Å². The third-order valence-corrected chi connectivity index (χ3v) is 7.10. The number of aromatic nitrogens is 1. The molecule has 1 saturated heterocycles. The van der Waals surface area contributed by atoms with E-state index in [1.807, 2.05) is 6.92 Å². The molecule has 1 aromatic heterocycles. The molecule has 2 aliphatic rings. The molecule has 8 nitrogen and oxygen atoms in total. The third-order valence-electron chi connectivity index (χ3n) is 7.10. The molecule has 38 heavy (non-hydrogen) atoms. The standard InChI is InChI=1S/C29H34FN3O5/c1-19-16-33(20(2)18-34)29(36)25-14-22(8-7-21-5-4-6-24(30)13-21)15-31-27(25)38-26(19)17-32(3)28(35)23-9-11-37-12-10-23/h4-6,13-15,19-20,23,26,34H,9-12,16-18H2,1-3H3/t19-,20-,26-/m0/s1. The van der Waals surface area contributed by atoms with Crippen molar-refractivity contribution in [3.8, 4) is 17.7 Å². The lowest BCUT2D eigenvalue weighted by molar-refractivity contribution is -0.138. The molecule has 3 atom stereocenters. The lowest BCUT2D eigenvalue weighted by Crippen LogP contribution is -2.51. The lowest BCUT2D eigenvalue weighted by atomic mass is 9.97. The van der Waals surface area contributed by atoms with Crippen molar-refractivity contribution >= 4 is 11.8 Å². The molecule has 2 aromatic rings. The summed E-state index contributed by atoms with van der Waals surface area (Å²) in [7, 11) is 1.77. The number of aliphatic hydroxyl groups is 1. The van der Waals surface area contributed by atoms with E-state index in [4.69, 9.17) is 9.47 Å². The monoisotopic (exact) mass is 523 g/mol. The Morgan fingerprint density at radius 1 is 1.26 bits per heavy atom. The second kappa shape index (κ2) is 12.4. The molecule has 0 unspecified atom stereocenters. The highest BCUT2D eigenvalue weighted by Crippen LogP contribution is 2.28. The van der Waals surface area contributed by atoms with E-state index in [2.05, 4.69) is 16.8 Å². The van der Waals surface area contributed by atoms with E-state index in [0.29, 0.717) is 50.3 Å². The van der Waals surface area contributed by atoms with Crippen LogP contribution < -0.4 is 4.74 Å². The number of amides is 2. The van der Waals surface area contributed by atoms with Crippen LogP contribution in [0, 0.1) is 29.5 Å². The minimum absolute atomic E-state index is 0.0546. The number of aliphatic hydroxyl groups excluding tert-OH is 1. The largest absolute Gasteiger partial charge is 0.472 e. The van der Waals surface area contributed by atoms with Crippen LogP contribution in [0.2, 0.25) is 0 Å². The van der Waals surface area contributed by atoms with Crippen LogP contribution in [0.25, 0.3) is 0 Å². The number of pyridine rings is 1. The van der Waals surface area contributed by atoms with E-state index >= 15 is 0 Å². The molecule has 0 aliphatic carbocycles. The number of halogens is 1. The molecule has 2 aliphatic heterocycles. The van der Waals surface area contributed by atoms with Gasteiger partial charge in [0.05, 0.1) is 19.2 Å². The first-order valence-electron chi connectivity index (χ1n) is 13.0. The second-order valence-electron chi connectivity index (χ2n) is 10.1. The van der Waals surface area contributed by atoms with E-state index in [-0.39, 0.29) is 47.5 Å². The zero-order valence-corrected chi connectivity index (χ0v) is 22.0. The summed E-state index contributed by atoms with van der Waals surface area (Å²) in [5, 5.41) is 9.86. The molecule has 9 heteroatoms. The van der Waals surface area contributed by atoms with E-state index in [0.717, 1.165) is 0 Å². The topological polar surface area (TPSA) is 92.2 Å². The van der Waals surface area contributed by atoms with Crippen LogP contribution in [-0.2, 0) is 9.53 Å². The molecule has 3 heterocycles. The molecule has 1 N–H and O–H groups in total. The Bertz CT molecular complexity index is 1220. The minimum atomic E-state index is -0.430. The summed E-state index contributed by atoms with van der Waals surface area (Å²) in [6.45, 7) is 5.37. The number of nitrogens with zero attached hydrogens (tertiary/aromatic N) is 3. The highest BCUT2D eigenvalue weighted by Gasteiger charge is 2.35. The summed E-state index contributed by atoms with van der Waals surface area (Å²) >= 11 is 0. The van der Waals surface area contributed by atoms with Gasteiger partial charge in [0, 0.05) is 56.0 Å². The normalized spacial score (nSPS) is 20.8. The van der Waals surface area contributed by atoms with Crippen LogP contribution in [0.1, 0.15) is 48.2 Å². The number of fused-ring (bicyclic) bond motifs is 1. The molecular formula is C29H34FN3O5. The van der Waals surface area contributed by atoms with Crippen molar-refractivity contribution in [2.75, 3.05) is 40.0 Å². The van der Waals surface area contributed by atoms with Gasteiger partial charge in [-0.2, -0.15) is 0 Å². The van der Waals surface area contributed by atoms with Crippen molar-refractivity contribution in [3.05, 3.63) is 59.0 Å². The van der Waals surface area contributed by atoms with Crippen molar-refractivity contribution < 1.29 is 28.6 Å². The maximum absolute atomic E-state index is 13.6. The summed E-state index contributed by atoms with van der Waals surface area (Å²) < 4.78 is 25.2. The highest BCUT2D eigenvalue weighted by atomic mass is 19.1. The fourth-order valence-corrected chi connectivity index (χ4v) is 4.72. The Morgan fingerprint density at radius 2 is 2.00 bits per heavy atom. The van der Waals surface area contributed by atoms with E-state index in [1.54, 1.807) is 42.0 Å². The Balaban J connectivity index is 1.62. The predicted octanol–water partition coefficient (Wildman–Crippen LogP) is 2.73. The number of rotatable bonds is 5. The number of hydrogen-bond donors (Lipinski definition) is 1. The molecule has 0 saturated carbocycles. The number of carbonyl (C=O) groups is 2. The Labute approximate surface area is 222 Å². The van der Waals surface area contributed by atoms with Gasteiger partial charge in [0.25, 0.3) is 5.91 Å². The van der Waals surface area contributed by atoms with Gasteiger partial charge in [-0.05, 0) is 44.0 Å². The van der Waals surface area contributed by atoms with Gasteiger partial charge < -0.3 is 24.4 Å². The van der Waals surface area contributed by atoms with Crippen LogP contribution >= 0.6 is 0 Å². The zero-order valence-electron chi connectivity index (χ0n) is 22.0. The lowest BCUT2D eigenvalue weighted by Gasteiger charge is -2.38. The Kier molecular flexibility index (Phi) is 8.97. The van der Waals surface area contributed by atoms with Crippen LogP contribution in [0.5, 0.6) is 5.88 Å². The average molecular weight is 524 g/mol. The zero-order chi connectivity index (χ0) is 27.2. The minimum Gasteiger partial charge on any atom is -0.472 e. The molecule has 1 aromatic carbocycles. The maximum atomic E-state index is 13.6. The van der Waals surface area contributed by atoms with Crippen LogP contribution in [0.4, 0.5) is 4.39 Å². The van der Waals surface area contributed by atoms with Gasteiger partial charge in [0.2, 0.25) is 11.8 Å². The quantitative estimate of drug-likeness (QED) is 0.606. The Hall–Kier alpha value is -3.48. The SMILES string of the molecule is C[C@H]1CN([C@@H](C)CO)C(=O)c2cc(C#Cc3cccc(F)c3)cnc2O[C@H]1CN(C)C(=O)C1CCOCC1. The smallest absolute Gasteiger partial charge is 0.259 e. The van der Waals surface area contributed by atoms with Crippen LogP contribution in [0.3, 0.4) is 0 Å². The predicted molar refractivity (Wildman–Crippen MR) is 139 cm³/mol. The Morgan fingerprint density at radius 3 is 2.71 bits per heavy atom. The summed E-state index contributed by atoms with van der Waals surface area (Å²) in [5.74, 6) is 5.13. The first kappa shape index (κ1) is 27.6. The van der Waals surface area contributed by atoms with Crippen LogP contribution in [-0.4, -0.2) is 83.8 Å². The molecule has 0 bridgehead atoms. The number of hydrogen-bond acceptors (Lipinski definition) is 6. The van der Waals surface area contributed by atoms with Crippen molar-refractivity contribution in [3.63, 3.8) is 0 Å². The van der Waals surface area contributed by atoms with Gasteiger partial charge >= 0.3 is 0 Å². The number of likely N-dealkylation sites (N-methyl/N-ethyl adjacent to an activating group) is 1. The molecule has 0 radical (unpaired) electrons. The molecule has 4 rings (SSSR count). The summed E-state index contributed by atoms with van der Waals surface area (Å²) in [6, 6.07) is 7.13. The van der Waals surface area contributed by atoms with E-state index < -0.39 is 12.1 Å². The summed E-state index contributed by atoms with van der Waals surface area (Å²) in [6.07, 6.45) is 2.48. The van der Waals surface area contributed by atoms with E-state index in [9.17, 15) is 19.1 Å². The van der Waals surface area contributed by atoms with Crippen LogP contribution in [0.15, 0.2) is 36.5 Å². The molecule has 0 spiro atoms. The summed E-state index contributed by atoms with van der Waals surface area (Å²) in [4.78, 5) is 34.4. The van der Waals surface area contributed by atoms with Gasteiger partial charge in [-0.3, -0.25) is 9.59 Å². The first-order valence-corrected chi connectivity index (χ1v) is 13.0. The summed E-state index contributed by atoms with van der Waals surface area (Å²) in [5.41, 5.74) is 1.20. The van der Waals surface area contributed by atoms with Crippen molar-refractivity contribution in [1.29, 1.82) is 0 Å². The number of benzene rings is 1. The highest BCUT2D eigenvalue weighted by molar-refractivity contribution is 5.97. The van der Waals surface area contributed by atoms with Gasteiger partial charge in [-0.25, -0.2) is 9.37 Å². The molecule has 2 amide bonds. The van der Waals surface area contributed by atoms with Gasteiger partial charge in [-0.15, -0.1) is 0 Å². The molecule has 1 fully saturated rings. The number of carbonyl (C=O) groups excluding carboxylic acids is 2.